The molecule has 1 fully saturated rings. The number of thioether (sulfide) groups is 1. The fourth-order valence-corrected chi connectivity index (χ4v) is 6.47. The maximum Gasteiger partial charge on any atom is 0.251 e. The lowest BCUT2D eigenvalue weighted by Crippen LogP contribution is -2.45. The molecule has 10 heteroatoms. The molecule has 0 unspecified atom stereocenters. The van der Waals surface area contributed by atoms with Gasteiger partial charge < -0.3 is 15.0 Å². The van der Waals surface area contributed by atoms with E-state index in [0.29, 0.717) is 24.3 Å². The molecule has 4 aromatic rings. The van der Waals surface area contributed by atoms with Crippen LogP contribution in [-0.4, -0.2) is 70.2 Å². The first-order chi connectivity index (χ1) is 19.8. The molecule has 2 aliphatic heterocycles. The predicted molar refractivity (Wildman–Crippen MR) is 160 cm³/mol. The van der Waals surface area contributed by atoms with Gasteiger partial charge >= 0.3 is 0 Å². The van der Waals surface area contributed by atoms with Crippen molar-refractivity contribution in [2.75, 3.05) is 31.6 Å². The fraction of sp³-hybridized carbons (Fsp3) is 0.355. The lowest BCUT2D eigenvalue weighted by Gasteiger charge is -2.36. The summed E-state index contributed by atoms with van der Waals surface area (Å²) in [5.41, 5.74) is 3.55. The Labute approximate surface area is 243 Å². The van der Waals surface area contributed by atoms with E-state index in [9.17, 15) is 9.18 Å². The number of morpholine rings is 1. The maximum absolute atomic E-state index is 14.3. The van der Waals surface area contributed by atoms with Gasteiger partial charge in [-0.1, -0.05) is 23.9 Å². The molecule has 6 rings (SSSR count). The van der Waals surface area contributed by atoms with Crippen LogP contribution in [0.3, 0.4) is 0 Å². The van der Waals surface area contributed by atoms with Crippen molar-refractivity contribution in [3.05, 3.63) is 77.6 Å². The molecule has 0 bridgehead atoms. The van der Waals surface area contributed by atoms with Crippen molar-refractivity contribution in [3.63, 3.8) is 0 Å². The minimum Gasteiger partial charge on any atom is -0.372 e. The summed E-state index contributed by atoms with van der Waals surface area (Å²) in [6.07, 6.45) is 2.06. The fourth-order valence-electron chi connectivity index (χ4n) is 5.39. The molecular weight excluding hydrogens is 539 g/mol. The number of alkyl halides is 1. The number of hydrogen-bond donors (Lipinski definition) is 1. The van der Waals surface area contributed by atoms with Gasteiger partial charge in [-0.05, 0) is 68.9 Å². The molecule has 0 spiro atoms. The molecule has 1 aromatic carbocycles. The molecule has 0 aliphatic carbocycles. The molecule has 0 radical (unpaired) electrons. The highest BCUT2D eigenvalue weighted by atomic mass is 32.2. The zero-order valence-electron chi connectivity index (χ0n) is 23.4. The molecule has 3 atom stereocenters. The minimum absolute atomic E-state index is 0.148. The Balaban J connectivity index is 1.17. The van der Waals surface area contributed by atoms with Gasteiger partial charge in [0, 0.05) is 48.2 Å². The first-order valence-electron chi connectivity index (χ1n) is 13.8. The molecule has 0 saturated carbocycles. The standard InChI is InChI=1S/C31H33FN6O2S/c1-19-15-38(16-20(2)40-19)30-6-4-5-25(36-30)26-10-9-22-13-33-24(12-27(22)35-26)14-34-31(39)21-7-8-23-17-37(3)18-29(32)41-28(23)11-21/h4-13,19-20,29H,14-18H2,1-3H3,(H,34,39)/t19-,20+,29-/m0/s1. The Kier molecular flexibility index (Phi) is 7.88. The first kappa shape index (κ1) is 27.6. The second-order valence-electron chi connectivity index (χ2n) is 10.8. The number of ether oxygens (including phenoxy) is 1. The van der Waals surface area contributed by atoms with Gasteiger partial charge in [0.25, 0.3) is 5.91 Å². The third kappa shape index (κ3) is 6.34. The molecule has 1 amide bonds. The Bertz CT molecular complexity index is 1580. The van der Waals surface area contributed by atoms with Crippen LogP contribution in [0.2, 0.25) is 0 Å². The van der Waals surface area contributed by atoms with Crippen LogP contribution < -0.4 is 10.2 Å². The monoisotopic (exact) mass is 572 g/mol. The molecule has 8 nitrogen and oxygen atoms in total. The van der Waals surface area contributed by atoms with Crippen LogP contribution in [0.25, 0.3) is 22.3 Å². The van der Waals surface area contributed by atoms with Crippen molar-refractivity contribution in [1.82, 2.24) is 25.2 Å². The van der Waals surface area contributed by atoms with E-state index in [0.717, 1.165) is 51.7 Å². The van der Waals surface area contributed by atoms with Crippen molar-refractivity contribution in [1.29, 1.82) is 0 Å². The molecular formula is C31H33FN6O2S. The average Bonchev–Trinajstić information content (AvgIpc) is 3.10. The quantitative estimate of drug-likeness (QED) is 0.355. The van der Waals surface area contributed by atoms with Gasteiger partial charge in [-0.25, -0.2) is 14.4 Å². The van der Waals surface area contributed by atoms with Crippen molar-refractivity contribution in [2.24, 2.45) is 0 Å². The van der Waals surface area contributed by atoms with Crippen LogP contribution in [0.1, 0.15) is 35.5 Å². The van der Waals surface area contributed by atoms with Crippen molar-refractivity contribution in [2.45, 2.75) is 49.5 Å². The molecule has 5 heterocycles. The SMILES string of the molecule is C[C@@H]1CN(c2cccc(-c3ccc4cnc(CNC(=O)c5ccc6c(c5)S[C@H](F)CN(C)C6)cc4n3)n2)C[C@H](C)O1. The number of carbonyl (C=O) groups is 1. The number of anilines is 1. The van der Waals surface area contributed by atoms with Crippen LogP contribution in [0, 0.1) is 0 Å². The second-order valence-corrected chi connectivity index (χ2v) is 12.0. The number of fused-ring (bicyclic) bond motifs is 2. The topological polar surface area (TPSA) is 83.5 Å². The number of nitrogens with one attached hydrogen (secondary N) is 1. The summed E-state index contributed by atoms with van der Waals surface area (Å²) >= 11 is 1.17. The summed E-state index contributed by atoms with van der Waals surface area (Å²) in [6.45, 7) is 7.02. The number of rotatable bonds is 5. The Hall–Kier alpha value is -3.60. The molecule has 2 aliphatic rings. The van der Waals surface area contributed by atoms with Crippen LogP contribution in [0.5, 0.6) is 0 Å². The minimum atomic E-state index is -1.02. The van der Waals surface area contributed by atoms with Crippen LogP contribution in [-0.2, 0) is 17.8 Å². The molecule has 212 valence electrons. The summed E-state index contributed by atoms with van der Waals surface area (Å²) in [4.78, 5) is 32.3. The number of halogens is 1. The van der Waals surface area contributed by atoms with Crippen molar-refractivity contribution in [3.8, 4) is 11.4 Å². The van der Waals surface area contributed by atoms with E-state index in [1.54, 1.807) is 18.3 Å². The average molecular weight is 573 g/mol. The Morgan fingerprint density at radius 3 is 2.68 bits per heavy atom. The maximum atomic E-state index is 14.3. The third-order valence-electron chi connectivity index (χ3n) is 7.28. The number of pyridine rings is 3. The smallest absolute Gasteiger partial charge is 0.251 e. The number of hydrogen-bond acceptors (Lipinski definition) is 8. The van der Waals surface area contributed by atoms with E-state index in [2.05, 4.69) is 29.0 Å². The highest BCUT2D eigenvalue weighted by Crippen LogP contribution is 2.33. The number of aromatic nitrogens is 3. The van der Waals surface area contributed by atoms with Crippen LogP contribution in [0.15, 0.2) is 65.7 Å². The van der Waals surface area contributed by atoms with E-state index >= 15 is 0 Å². The summed E-state index contributed by atoms with van der Waals surface area (Å²) in [6, 6.07) is 17.3. The number of nitrogens with zero attached hydrogens (tertiary/aromatic N) is 5. The zero-order valence-corrected chi connectivity index (χ0v) is 24.2. The summed E-state index contributed by atoms with van der Waals surface area (Å²) in [5, 5.41) is 3.86. The van der Waals surface area contributed by atoms with E-state index < -0.39 is 5.50 Å². The zero-order chi connectivity index (χ0) is 28.5. The van der Waals surface area contributed by atoms with Gasteiger partial charge in [0.05, 0.1) is 41.4 Å². The van der Waals surface area contributed by atoms with E-state index in [1.807, 2.05) is 54.4 Å². The van der Waals surface area contributed by atoms with Gasteiger partial charge in [0.1, 0.15) is 5.82 Å². The van der Waals surface area contributed by atoms with Crippen LogP contribution >= 0.6 is 11.8 Å². The Morgan fingerprint density at radius 2 is 1.85 bits per heavy atom. The lowest BCUT2D eigenvalue weighted by molar-refractivity contribution is -0.00545. The molecule has 1 N–H and O–H groups in total. The van der Waals surface area contributed by atoms with E-state index in [1.165, 1.54) is 11.8 Å². The highest BCUT2D eigenvalue weighted by molar-refractivity contribution is 7.99. The first-order valence-corrected chi connectivity index (χ1v) is 14.7. The summed E-state index contributed by atoms with van der Waals surface area (Å²) in [5.74, 6) is 0.688. The van der Waals surface area contributed by atoms with Crippen LogP contribution in [0.4, 0.5) is 10.2 Å². The Morgan fingerprint density at radius 1 is 1.05 bits per heavy atom. The van der Waals surface area contributed by atoms with E-state index in [-0.39, 0.29) is 24.7 Å². The second kappa shape index (κ2) is 11.7. The van der Waals surface area contributed by atoms with E-state index in [4.69, 9.17) is 14.7 Å². The predicted octanol–water partition coefficient (Wildman–Crippen LogP) is 5.07. The largest absolute Gasteiger partial charge is 0.372 e. The van der Waals surface area contributed by atoms with Gasteiger partial charge in [-0.2, -0.15) is 0 Å². The van der Waals surface area contributed by atoms with Gasteiger partial charge in [-0.3, -0.25) is 14.7 Å². The third-order valence-corrected chi connectivity index (χ3v) is 8.32. The van der Waals surface area contributed by atoms with Crippen molar-refractivity contribution >= 4 is 34.4 Å². The number of amides is 1. The van der Waals surface area contributed by atoms with Gasteiger partial charge in [-0.15, -0.1) is 0 Å². The summed E-state index contributed by atoms with van der Waals surface area (Å²) in [7, 11) is 1.90. The lowest BCUT2D eigenvalue weighted by atomic mass is 10.1. The van der Waals surface area contributed by atoms with Gasteiger partial charge in [0.15, 0.2) is 5.50 Å². The molecule has 3 aromatic heterocycles. The normalized spacial score (nSPS) is 21.4. The number of carbonyl (C=O) groups excluding carboxylic acids is 1. The van der Waals surface area contributed by atoms with Crippen molar-refractivity contribution < 1.29 is 13.9 Å². The molecule has 1 saturated heterocycles. The number of benzene rings is 1. The highest BCUT2D eigenvalue weighted by Gasteiger charge is 2.24. The van der Waals surface area contributed by atoms with Gasteiger partial charge in [0.2, 0.25) is 0 Å². The molecule has 41 heavy (non-hydrogen) atoms. The summed E-state index contributed by atoms with van der Waals surface area (Å²) < 4.78 is 20.1.